The molecule has 3 nitrogen and oxygen atoms in total. The summed E-state index contributed by atoms with van der Waals surface area (Å²) < 4.78 is 39.9. The van der Waals surface area contributed by atoms with E-state index in [1.54, 1.807) is 18.2 Å². The molecule has 0 aliphatic carbocycles. The molecule has 0 spiro atoms. The summed E-state index contributed by atoms with van der Waals surface area (Å²) in [6.07, 6.45) is -4.42. The lowest BCUT2D eigenvalue weighted by molar-refractivity contribution is -0.137. The molecule has 1 aromatic heterocycles. The summed E-state index contributed by atoms with van der Waals surface area (Å²) in [6.45, 7) is 0. The molecule has 0 bridgehead atoms. The van der Waals surface area contributed by atoms with Gasteiger partial charge in [0.15, 0.2) is 4.77 Å². The first-order valence-electron chi connectivity index (χ1n) is 5.98. The predicted molar refractivity (Wildman–Crippen MR) is 75.1 cm³/mol. The first-order valence-corrected chi connectivity index (χ1v) is 6.39. The van der Waals surface area contributed by atoms with E-state index in [0.717, 1.165) is 12.1 Å². The first kappa shape index (κ1) is 13.7. The minimum Gasteiger partial charge on any atom is -0.506 e. The van der Waals surface area contributed by atoms with Crippen molar-refractivity contribution >= 4 is 23.3 Å². The third-order valence-electron chi connectivity index (χ3n) is 3.13. The van der Waals surface area contributed by atoms with Crippen LogP contribution in [0, 0.1) is 4.77 Å². The van der Waals surface area contributed by atoms with Gasteiger partial charge >= 0.3 is 6.18 Å². The van der Waals surface area contributed by atoms with E-state index in [1.165, 1.54) is 16.7 Å². The van der Waals surface area contributed by atoms with Crippen LogP contribution in [-0.4, -0.2) is 14.7 Å². The van der Waals surface area contributed by atoms with E-state index in [2.05, 4.69) is 4.98 Å². The van der Waals surface area contributed by atoms with Crippen LogP contribution in [0.2, 0.25) is 0 Å². The number of aromatic hydroxyl groups is 1. The lowest BCUT2D eigenvalue weighted by Crippen LogP contribution is -2.04. The number of halogens is 3. The van der Waals surface area contributed by atoms with Gasteiger partial charge in [0.2, 0.25) is 0 Å². The summed E-state index contributed by atoms with van der Waals surface area (Å²) in [6, 6.07) is 9.80. The zero-order valence-corrected chi connectivity index (χ0v) is 11.3. The van der Waals surface area contributed by atoms with Gasteiger partial charge in [-0.05, 0) is 42.5 Å². The molecular weight excluding hydrogens is 301 g/mol. The lowest BCUT2D eigenvalue weighted by atomic mass is 10.2. The highest BCUT2D eigenvalue weighted by Gasteiger charge is 2.30. The van der Waals surface area contributed by atoms with Gasteiger partial charge in [-0.3, -0.25) is 4.57 Å². The lowest BCUT2D eigenvalue weighted by Gasteiger charge is -2.08. The number of H-pyrrole nitrogens is 1. The number of hydrogen-bond donors (Lipinski definition) is 2. The fourth-order valence-electron chi connectivity index (χ4n) is 2.18. The average molecular weight is 310 g/mol. The Kier molecular flexibility index (Phi) is 3.02. The van der Waals surface area contributed by atoms with Crippen molar-refractivity contribution in [2.24, 2.45) is 0 Å². The van der Waals surface area contributed by atoms with Gasteiger partial charge in [0.25, 0.3) is 0 Å². The number of alkyl halides is 3. The van der Waals surface area contributed by atoms with Crippen molar-refractivity contribution in [2.75, 3.05) is 0 Å². The Hall–Kier alpha value is -2.28. The predicted octanol–water partition coefficient (Wildman–Crippen LogP) is 4.41. The minimum atomic E-state index is -4.42. The maximum atomic E-state index is 12.7. The van der Waals surface area contributed by atoms with E-state index < -0.39 is 11.7 Å². The second-order valence-corrected chi connectivity index (χ2v) is 4.87. The van der Waals surface area contributed by atoms with Crippen LogP contribution in [-0.2, 0) is 6.18 Å². The van der Waals surface area contributed by atoms with Crippen molar-refractivity contribution in [1.82, 2.24) is 9.55 Å². The van der Waals surface area contributed by atoms with Crippen molar-refractivity contribution in [1.29, 1.82) is 0 Å². The third-order valence-corrected chi connectivity index (χ3v) is 3.42. The fourth-order valence-corrected chi connectivity index (χ4v) is 2.49. The molecule has 2 aromatic carbocycles. The summed E-state index contributed by atoms with van der Waals surface area (Å²) in [5.41, 5.74) is 0.386. The Balaban J connectivity index is 2.29. The number of benzene rings is 2. The van der Waals surface area contributed by atoms with Crippen molar-refractivity contribution in [3.05, 3.63) is 52.8 Å². The number of phenolic OH excluding ortho intramolecular Hbond substituents is 1. The largest absolute Gasteiger partial charge is 0.506 e. The zero-order valence-electron chi connectivity index (χ0n) is 10.5. The number of para-hydroxylation sites is 2. The molecular formula is C14H9F3N2OS. The minimum absolute atomic E-state index is 0.00519. The molecule has 0 saturated carbocycles. The van der Waals surface area contributed by atoms with Gasteiger partial charge in [-0.15, -0.1) is 0 Å². The van der Waals surface area contributed by atoms with E-state index in [1.807, 2.05) is 0 Å². The molecule has 0 aliphatic rings. The summed E-state index contributed by atoms with van der Waals surface area (Å²) in [7, 11) is 0. The van der Waals surface area contributed by atoms with Crippen molar-refractivity contribution in [3.8, 4) is 11.4 Å². The topological polar surface area (TPSA) is 41.0 Å². The molecule has 0 aliphatic heterocycles. The molecule has 21 heavy (non-hydrogen) atoms. The monoisotopic (exact) mass is 310 g/mol. The summed E-state index contributed by atoms with van der Waals surface area (Å²) >= 11 is 5.15. The molecule has 2 N–H and O–H groups in total. The molecule has 0 atom stereocenters. The van der Waals surface area contributed by atoms with E-state index in [4.69, 9.17) is 12.2 Å². The Morgan fingerprint density at radius 2 is 1.81 bits per heavy atom. The summed E-state index contributed by atoms with van der Waals surface area (Å²) in [5, 5.41) is 9.89. The van der Waals surface area contributed by atoms with Gasteiger partial charge < -0.3 is 10.1 Å². The number of nitrogens with one attached hydrogen (secondary N) is 1. The van der Waals surface area contributed by atoms with Crippen LogP contribution in [0.3, 0.4) is 0 Å². The number of hydrogen-bond acceptors (Lipinski definition) is 2. The SMILES string of the molecule is Oc1ccccc1-n1c(=S)[nH]c2cc(C(F)(F)F)ccc21. The number of aromatic amines is 1. The molecule has 0 saturated heterocycles. The second-order valence-electron chi connectivity index (χ2n) is 4.48. The van der Waals surface area contributed by atoms with Gasteiger partial charge in [0.1, 0.15) is 5.75 Å². The van der Waals surface area contributed by atoms with E-state index >= 15 is 0 Å². The summed E-state index contributed by atoms with van der Waals surface area (Å²) in [4.78, 5) is 2.73. The van der Waals surface area contributed by atoms with Crippen LogP contribution < -0.4 is 0 Å². The van der Waals surface area contributed by atoms with Gasteiger partial charge in [-0.1, -0.05) is 12.1 Å². The number of nitrogens with zero attached hydrogens (tertiary/aromatic N) is 1. The molecule has 0 radical (unpaired) electrons. The Morgan fingerprint density at radius 1 is 1.10 bits per heavy atom. The Morgan fingerprint density at radius 3 is 2.48 bits per heavy atom. The molecule has 0 amide bonds. The van der Waals surface area contributed by atoms with E-state index in [-0.39, 0.29) is 16.0 Å². The molecule has 3 aromatic rings. The van der Waals surface area contributed by atoms with Crippen LogP contribution >= 0.6 is 12.2 Å². The number of aromatic nitrogens is 2. The molecule has 1 heterocycles. The quantitative estimate of drug-likeness (QED) is 0.654. The van der Waals surface area contributed by atoms with Gasteiger partial charge in [-0.2, -0.15) is 13.2 Å². The molecule has 7 heteroatoms. The average Bonchev–Trinajstić information content (AvgIpc) is 2.73. The zero-order chi connectivity index (χ0) is 15.2. The number of phenols is 1. The van der Waals surface area contributed by atoms with E-state index in [0.29, 0.717) is 11.2 Å². The van der Waals surface area contributed by atoms with Crippen LogP contribution in [0.4, 0.5) is 13.2 Å². The number of fused-ring (bicyclic) bond motifs is 1. The fraction of sp³-hybridized carbons (Fsp3) is 0.0714. The maximum absolute atomic E-state index is 12.7. The van der Waals surface area contributed by atoms with Gasteiger partial charge in [-0.25, -0.2) is 0 Å². The molecule has 0 unspecified atom stereocenters. The molecule has 0 fully saturated rings. The highest BCUT2D eigenvalue weighted by atomic mass is 32.1. The summed E-state index contributed by atoms with van der Waals surface area (Å²) in [5.74, 6) is -0.00519. The highest BCUT2D eigenvalue weighted by molar-refractivity contribution is 7.71. The van der Waals surface area contributed by atoms with Crippen molar-refractivity contribution < 1.29 is 18.3 Å². The Labute approximate surface area is 122 Å². The maximum Gasteiger partial charge on any atom is 0.416 e. The second kappa shape index (κ2) is 4.63. The van der Waals surface area contributed by atoms with E-state index in [9.17, 15) is 18.3 Å². The Bertz CT molecular complexity index is 880. The van der Waals surface area contributed by atoms with Crippen LogP contribution in [0.25, 0.3) is 16.7 Å². The van der Waals surface area contributed by atoms with Crippen molar-refractivity contribution in [2.45, 2.75) is 6.18 Å². The standard InChI is InChI=1S/C14H9F3N2OS/c15-14(16,17)8-5-6-10-9(7-8)18-13(21)19(10)11-3-1-2-4-12(11)20/h1-7,20H,(H,18,21). The molecule has 3 rings (SSSR count). The first-order chi connectivity index (χ1) is 9.88. The van der Waals surface area contributed by atoms with Gasteiger partial charge in [0.05, 0.1) is 22.3 Å². The smallest absolute Gasteiger partial charge is 0.416 e. The number of imidazole rings is 1. The van der Waals surface area contributed by atoms with Gasteiger partial charge in [0, 0.05) is 0 Å². The highest BCUT2D eigenvalue weighted by Crippen LogP contribution is 2.32. The normalized spacial score (nSPS) is 12.0. The van der Waals surface area contributed by atoms with Crippen LogP contribution in [0.15, 0.2) is 42.5 Å². The van der Waals surface area contributed by atoms with Crippen LogP contribution in [0.5, 0.6) is 5.75 Å². The number of rotatable bonds is 1. The third kappa shape index (κ3) is 2.29. The van der Waals surface area contributed by atoms with Crippen LogP contribution in [0.1, 0.15) is 5.56 Å². The van der Waals surface area contributed by atoms with Crippen molar-refractivity contribution in [3.63, 3.8) is 0 Å². The molecule has 108 valence electrons.